The standard InChI is InChI=1S/C13H8FN3O2/c14-9-5-11(13(18)19)12(16-7-9)17-10-3-1-2-8(4-10)6-15/h1-5,7H,(H,16,17)(H,18,19). The van der Waals surface area contributed by atoms with Gasteiger partial charge in [0.25, 0.3) is 0 Å². The van der Waals surface area contributed by atoms with Gasteiger partial charge in [0.2, 0.25) is 0 Å². The number of carboxylic acid groups (broad SMARTS) is 1. The molecule has 0 aliphatic rings. The van der Waals surface area contributed by atoms with Crippen molar-refractivity contribution in [2.75, 3.05) is 5.32 Å². The molecule has 0 amide bonds. The van der Waals surface area contributed by atoms with Gasteiger partial charge in [-0.15, -0.1) is 0 Å². The Morgan fingerprint density at radius 2 is 2.21 bits per heavy atom. The molecule has 5 nitrogen and oxygen atoms in total. The summed E-state index contributed by atoms with van der Waals surface area (Å²) < 4.78 is 13.0. The molecule has 19 heavy (non-hydrogen) atoms. The first kappa shape index (κ1) is 12.5. The third kappa shape index (κ3) is 2.84. The number of benzene rings is 1. The molecule has 0 radical (unpaired) electrons. The Kier molecular flexibility index (Phi) is 3.39. The Labute approximate surface area is 108 Å². The number of anilines is 2. The van der Waals surface area contributed by atoms with Crippen LogP contribution in [0.2, 0.25) is 0 Å². The van der Waals surface area contributed by atoms with Crippen LogP contribution in [0, 0.1) is 17.1 Å². The first-order valence-electron chi connectivity index (χ1n) is 5.26. The van der Waals surface area contributed by atoms with Crippen LogP contribution in [0.5, 0.6) is 0 Å². The minimum Gasteiger partial charge on any atom is -0.478 e. The van der Waals surface area contributed by atoms with Gasteiger partial charge in [-0.1, -0.05) is 6.07 Å². The normalized spacial score (nSPS) is 9.68. The average molecular weight is 257 g/mol. The number of pyridine rings is 1. The van der Waals surface area contributed by atoms with Gasteiger partial charge in [0.15, 0.2) is 0 Å². The van der Waals surface area contributed by atoms with Crippen LogP contribution in [-0.4, -0.2) is 16.1 Å². The van der Waals surface area contributed by atoms with E-state index in [1.54, 1.807) is 18.2 Å². The molecule has 2 aromatic rings. The Morgan fingerprint density at radius 3 is 2.89 bits per heavy atom. The number of nitrogens with one attached hydrogen (secondary N) is 1. The molecule has 1 aromatic heterocycles. The maximum atomic E-state index is 13.0. The number of nitrogens with zero attached hydrogens (tertiary/aromatic N) is 2. The lowest BCUT2D eigenvalue weighted by Gasteiger charge is -2.08. The molecule has 1 heterocycles. The lowest BCUT2D eigenvalue weighted by Crippen LogP contribution is -2.05. The number of aromatic carboxylic acids is 1. The quantitative estimate of drug-likeness (QED) is 0.882. The molecule has 0 saturated heterocycles. The van der Waals surface area contributed by atoms with Crippen molar-refractivity contribution in [3.8, 4) is 6.07 Å². The zero-order chi connectivity index (χ0) is 13.8. The maximum Gasteiger partial charge on any atom is 0.339 e. The summed E-state index contributed by atoms with van der Waals surface area (Å²) in [4.78, 5) is 14.7. The highest BCUT2D eigenvalue weighted by molar-refractivity contribution is 5.93. The van der Waals surface area contributed by atoms with Crippen molar-refractivity contribution in [2.24, 2.45) is 0 Å². The summed E-state index contributed by atoms with van der Waals surface area (Å²) in [5.41, 5.74) is 0.645. The van der Waals surface area contributed by atoms with Crippen LogP contribution in [-0.2, 0) is 0 Å². The molecule has 0 aliphatic carbocycles. The van der Waals surface area contributed by atoms with Crippen LogP contribution >= 0.6 is 0 Å². The topological polar surface area (TPSA) is 86.0 Å². The molecule has 94 valence electrons. The van der Waals surface area contributed by atoms with E-state index in [1.165, 1.54) is 6.07 Å². The highest BCUT2D eigenvalue weighted by Crippen LogP contribution is 2.20. The van der Waals surface area contributed by atoms with Crippen molar-refractivity contribution >= 4 is 17.5 Å². The first-order chi connectivity index (χ1) is 9.10. The second kappa shape index (κ2) is 5.14. The van der Waals surface area contributed by atoms with Crippen molar-refractivity contribution in [3.63, 3.8) is 0 Å². The molecule has 0 atom stereocenters. The second-order valence-corrected chi connectivity index (χ2v) is 3.67. The SMILES string of the molecule is N#Cc1cccc(Nc2ncc(F)cc2C(=O)O)c1. The van der Waals surface area contributed by atoms with Crippen LogP contribution in [0.1, 0.15) is 15.9 Å². The molecular weight excluding hydrogens is 249 g/mol. The Hall–Kier alpha value is -2.94. The van der Waals surface area contributed by atoms with E-state index in [0.29, 0.717) is 11.3 Å². The number of rotatable bonds is 3. The fourth-order valence-electron chi connectivity index (χ4n) is 1.51. The predicted octanol–water partition coefficient (Wildman–Crippen LogP) is 2.53. The van der Waals surface area contributed by atoms with E-state index < -0.39 is 11.8 Å². The van der Waals surface area contributed by atoms with Crippen LogP contribution in [0.4, 0.5) is 15.9 Å². The molecule has 1 aromatic carbocycles. The Morgan fingerprint density at radius 1 is 1.42 bits per heavy atom. The Balaban J connectivity index is 2.38. The van der Waals surface area contributed by atoms with Crippen LogP contribution in [0.15, 0.2) is 36.5 Å². The Bertz CT molecular complexity index is 680. The molecule has 6 heteroatoms. The van der Waals surface area contributed by atoms with Crippen molar-refractivity contribution in [1.29, 1.82) is 5.26 Å². The summed E-state index contributed by atoms with van der Waals surface area (Å²) >= 11 is 0. The summed E-state index contributed by atoms with van der Waals surface area (Å²) in [5.74, 6) is -2.00. The van der Waals surface area contributed by atoms with E-state index in [2.05, 4.69) is 10.3 Å². The monoisotopic (exact) mass is 257 g/mol. The zero-order valence-electron chi connectivity index (χ0n) is 9.59. The average Bonchev–Trinajstić information content (AvgIpc) is 2.41. The van der Waals surface area contributed by atoms with Crippen molar-refractivity contribution in [3.05, 3.63) is 53.5 Å². The van der Waals surface area contributed by atoms with E-state index in [0.717, 1.165) is 12.3 Å². The van der Waals surface area contributed by atoms with Gasteiger partial charge < -0.3 is 10.4 Å². The van der Waals surface area contributed by atoms with Gasteiger partial charge in [-0.05, 0) is 24.3 Å². The molecule has 0 unspecified atom stereocenters. The molecule has 0 spiro atoms. The number of carboxylic acids is 1. The third-order valence-electron chi connectivity index (χ3n) is 2.34. The highest BCUT2D eigenvalue weighted by atomic mass is 19.1. The zero-order valence-corrected chi connectivity index (χ0v) is 9.59. The van der Waals surface area contributed by atoms with Crippen LogP contribution < -0.4 is 5.32 Å². The second-order valence-electron chi connectivity index (χ2n) is 3.67. The lowest BCUT2D eigenvalue weighted by atomic mass is 10.2. The number of aromatic nitrogens is 1. The first-order valence-corrected chi connectivity index (χ1v) is 5.26. The summed E-state index contributed by atoms with van der Waals surface area (Å²) in [6.45, 7) is 0. The molecule has 0 fully saturated rings. The van der Waals surface area contributed by atoms with Gasteiger partial charge in [-0.3, -0.25) is 0 Å². The number of halogens is 1. The van der Waals surface area contributed by atoms with Gasteiger partial charge >= 0.3 is 5.97 Å². The van der Waals surface area contributed by atoms with E-state index in [4.69, 9.17) is 10.4 Å². The molecule has 0 saturated carbocycles. The molecule has 0 bridgehead atoms. The predicted molar refractivity (Wildman–Crippen MR) is 65.6 cm³/mol. The third-order valence-corrected chi connectivity index (χ3v) is 2.34. The minimum absolute atomic E-state index is 0.0176. The fraction of sp³-hybridized carbons (Fsp3) is 0. The largest absolute Gasteiger partial charge is 0.478 e. The van der Waals surface area contributed by atoms with Gasteiger partial charge in [0, 0.05) is 5.69 Å². The van der Waals surface area contributed by atoms with E-state index in [9.17, 15) is 9.18 Å². The molecule has 2 rings (SSSR count). The van der Waals surface area contributed by atoms with Crippen molar-refractivity contribution < 1.29 is 14.3 Å². The number of hydrogen-bond donors (Lipinski definition) is 2. The molecular formula is C13H8FN3O2. The highest BCUT2D eigenvalue weighted by Gasteiger charge is 2.13. The van der Waals surface area contributed by atoms with Gasteiger partial charge in [-0.2, -0.15) is 5.26 Å². The van der Waals surface area contributed by atoms with Crippen LogP contribution in [0.3, 0.4) is 0 Å². The smallest absolute Gasteiger partial charge is 0.339 e. The summed E-state index contributed by atoms with van der Waals surface area (Å²) in [6.07, 6.45) is 0.920. The molecule has 2 N–H and O–H groups in total. The minimum atomic E-state index is -1.29. The van der Waals surface area contributed by atoms with Gasteiger partial charge in [-0.25, -0.2) is 14.2 Å². The summed E-state index contributed by atoms with van der Waals surface area (Å²) in [6, 6.07) is 9.29. The maximum absolute atomic E-state index is 13.0. The van der Waals surface area contributed by atoms with E-state index in [1.807, 2.05) is 6.07 Å². The molecule has 0 aliphatic heterocycles. The lowest BCUT2D eigenvalue weighted by molar-refractivity contribution is 0.0697. The van der Waals surface area contributed by atoms with Gasteiger partial charge in [0.1, 0.15) is 17.2 Å². The van der Waals surface area contributed by atoms with Crippen molar-refractivity contribution in [2.45, 2.75) is 0 Å². The van der Waals surface area contributed by atoms with E-state index in [-0.39, 0.29) is 11.4 Å². The fourth-order valence-corrected chi connectivity index (χ4v) is 1.51. The summed E-state index contributed by atoms with van der Waals surface area (Å²) in [7, 11) is 0. The van der Waals surface area contributed by atoms with Gasteiger partial charge in [0.05, 0.1) is 17.8 Å². The van der Waals surface area contributed by atoms with E-state index >= 15 is 0 Å². The summed E-state index contributed by atoms with van der Waals surface area (Å²) in [5, 5.41) is 20.5. The van der Waals surface area contributed by atoms with Crippen molar-refractivity contribution in [1.82, 2.24) is 4.98 Å². The number of carbonyl (C=O) groups is 1. The van der Waals surface area contributed by atoms with Crippen LogP contribution in [0.25, 0.3) is 0 Å². The number of nitriles is 1. The number of hydrogen-bond acceptors (Lipinski definition) is 4.